The third kappa shape index (κ3) is 7.50. The lowest BCUT2D eigenvalue weighted by atomic mass is 10.1. The van der Waals surface area contributed by atoms with Gasteiger partial charge in [-0.25, -0.2) is 0 Å². The van der Waals surface area contributed by atoms with Crippen molar-refractivity contribution in [2.45, 2.75) is 39.2 Å². The van der Waals surface area contributed by atoms with Gasteiger partial charge in [-0.3, -0.25) is 4.79 Å². The van der Waals surface area contributed by atoms with Gasteiger partial charge in [-0.15, -0.1) is 0 Å². The fourth-order valence-corrected chi connectivity index (χ4v) is 2.29. The summed E-state index contributed by atoms with van der Waals surface area (Å²) in [6.07, 6.45) is 2.97. The van der Waals surface area contributed by atoms with Crippen LogP contribution in [-0.4, -0.2) is 62.8 Å². The van der Waals surface area contributed by atoms with Crippen LogP contribution in [0.15, 0.2) is 0 Å². The monoisotopic (exact) mass is 271 g/mol. The summed E-state index contributed by atoms with van der Waals surface area (Å²) >= 11 is 0. The summed E-state index contributed by atoms with van der Waals surface area (Å²) in [6, 6.07) is 0.304. The van der Waals surface area contributed by atoms with Crippen LogP contribution in [-0.2, 0) is 9.53 Å². The van der Waals surface area contributed by atoms with Crippen LogP contribution in [0.2, 0.25) is 0 Å². The van der Waals surface area contributed by atoms with Gasteiger partial charge < -0.3 is 20.3 Å². The molecular weight excluding hydrogens is 242 g/mol. The van der Waals surface area contributed by atoms with E-state index in [4.69, 9.17) is 4.74 Å². The standard InChI is InChI=1S/C14H29N3O2/c1-3-17(4-2)9-5-8-15-12-14(18)16-13-6-10-19-11-7-13/h13,15H,3-12H2,1-2H3,(H,16,18). The molecule has 0 atom stereocenters. The van der Waals surface area contributed by atoms with Crippen LogP contribution >= 0.6 is 0 Å². The number of nitrogens with one attached hydrogen (secondary N) is 2. The van der Waals surface area contributed by atoms with E-state index in [2.05, 4.69) is 29.4 Å². The summed E-state index contributed by atoms with van der Waals surface area (Å²) in [5, 5.41) is 6.26. The van der Waals surface area contributed by atoms with Crippen molar-refractivity contribution in [3.8, 4) is 0 Å². The SMILES string of the molecule is CCN(CC)CCCNCC(=O)NC1CCOCC1. The molecule has 1 saturated heterocycles. The fourth-order valence-electron chi connectivity index (χ4n) is 2.29. The topological polar surface area (TPSA) is 53.6 Å². The van der Waals surface area contributed by atoms with Crippen molar-refractivity contribution in [3.05, 3.63) is 0 Å². The number of ether oxygens (including phenoxy) is 1. The average Bonchev–Trinajstić information content (AvgIpc) is 2.44. The Labute approximate surface area is 117 Å². The molecule has 19 heavy (non-hydrogen) atoms. The maximum Gasteiger partial charge on any atom is 0.234 e. The summed E-state index contributed by atoms with van der Waals surface area (Å²) < 4.78 is 5.27. The van der Waals surface area contributed by atoms with Gasteiger partial charge >= 0.3 is 0 Å². The lowest BCUT2D eigenvalue weighted by Crippen LogP contribution is -2.43. The van der Waals surface area contributed by atoms with Crippen LogP contribution < -0.4 is 10.6 Å². The first-order valence-electron chi connectivity index (χ1n) is 7.56. The highest BCUT2D eigenvalue weighted by molar-refractivity contribution is 5.78. The maximum atomic E-state index is 11.7. The summed E-state index contributed by atoms with van der Waals surface area (Å²) in [7, 11) is 0. The summed E-state index contributed by atoms with van der Waals surface area (Å²) in [5.41, 5.74) is 0. The molecule has 112 valence electrons. The Morgan fingerprint density at radius 1 is 1.26 bits per heavy atom. The largest absolute Gasteiger partial charge is 0.381 e. The number of amides is 1. The first-order valence-corrected chi connectivity index (χ1v) is 7.56. The van der Waals surface area contributed by atoms with E-state index >= 15 is 0 Å². The number of nitrogens with zero attached hydrogens (tertiary/aromatic N) is 1. The van der Waals surface area contributed by atoms with E-state index < -0.39 is 0 Å². The van der Waals surface area contributed by atoms with Crippen LogP contribution in [0.5, 0.6) is 0 Å². The lowest BCUT2D eigenvalue weighted by molar-refractivity contribution is -0.121. The molecule has 5 nitrogen and oxygen atoms in total. The molecule has 0 spiro atoms. The van der Waals surface area contributed by atoms with Gasteiger partial charge in [0.2, 0.25) is 5.91 Å². The minimum Gasteiger partial charge on any atom is -0.381 e. The van der Waals surface area contributed by atoms with Gasteiger partial charge in [0, 0.05) is 19.3 Å². The first-order chi connectivity index (χ1) is 9.26. The molecule has 0 aromatic heterocycles. The Balaban J connectivity index is 1.97. The molecule has 0 aromatic rings. The van der Waals surface area contributed by atoms with Crippen molar-refractivity contribution in [1.29, 1.82) is 0 Å². The predicted molar refractivity (Wildman–Crippen MR) is 77.3 cm³/mol. The van der Waals surface area contributed by atoms with Crippen LogP contribution in [0.3, 0.4) is 0 Å². The highest BCUT2D eigenvalue weighted by atomic mass is 16.5. The molecule has 0 bridgehead atoms. The molecule has 1 aliphatic heterocycles. The smallest absolute Gasteiger partial charge is 0.234 e. The van der Waals surface area contributed by atoms with Gasteiger partial charge in [0.15, 0.2) is 0 Å². The van der Waals surface area contributed by atoms with Crippen LogP contribution in [0.25, 0.3) is 0 Å². The summed E-state index contributed by atoms with van der Waals surface area (Å²) in [4.78, 5) is 14.1. The Morgan fingerprint density at radius 3 is 2.58 bits per heavy atom. The van der Waals surface area contributed by atoms with Crippen molar-refractivity contribution < 1.29 is 9.53 Å². The quantitative estimate of drug-likeness (QED) is 0.603. The molecule has 1 fully saturated rings. The number of carbonyl (C=O) groups is 1. The van der Waals surface area contributed by atoms with Crippen molar-refractivity contribution in [2.24, 2.45) is 0 Å². The maximum absolute atomic E-state index is 11.7. The Hall–Kier alpha value is -0.650. The molecule has 1 amide bonds. The molecule has 0 aromatic carbocycles. The minimum atomic E-state index is 0.106. The highest BCUT2D eigenvalue weighted by Crippen LogP contribution is 2.05. The number of hydrogen-bond acceptors (Lipinski definition) is 4. The van der Waals surface area contributed by atoms with Crippen molar-refractivity contribution in [2.75, 3.05) is 45.9 Å². The molecule has 1 heterocycles. The minimum absolute atomic E-state index is 0.106. The highest BCUT2D eigenvalue weighted by Gasteiger charge is 2.15. The van der Waals surface area contributed by atoms with Crippen molar-refractivity contribution in [3.63, 3.8) is 0 Å². The fraction of sp³-hybridized carbons (Fsp3) is 0.929. The van der Waals surface area contributed by atoms with E-state index in [0.29, 0.717) is 12.6 Å². The molecule has 0 saturated carbocycles. The van der Waals surface area contributed by atoms with E-state index in [1.165, 1.54) is 0 Å². The second kappa shape index (κ2) is 10.2. The molecule has 2 N–H and O–H groups in total. The van der Waals surface area contributed by atoms with Crippen LogP contribution in [0.4, 0.5) is 0 Å². The van der Waals surface area contributed by atoms with E-state index in [0.717, 1.165) is 58.7 Å². The molecular formula is C14H29N3O2. The zero-order valence-electron chi connectivity index (χ0n) is 12.4. The van der Waals surface area contributed by atoms with Gasteiger partial charge in [-0.05, 0) is 45.4 Å². The molecule has 1 aliphatic rings. The number of carbonyl (C=O) groups excluding carboxylic acids is 1. The summed E-state index contributed by atoms with van der Waals surface area (Å²) in [6.45, 7) is 10.5. The van der Waals surface area contributed by atoms with Gasteiger partial charge in [0.1, 0.15) is 0 Å². The third-order valence-corrected chi connectivity index (χ3v) is 3.59. The first kappa shape index (κ1) is 16.4. The van der Waals surface area contributed by atoms with E-state index in [9.17, 15) is 4.79 Å². The molecule has 0 radical (unpaired) electrons. The zero-order chi connectivity index (χ0) is 13.9. The molecule has 0 aliphatic carbocycles. The zero-order valence-corrected chi connectivity index (χ0v) is 12.4. The predicted octanol–water partition coefficient (Wildman–Crippen LogP) is 0.603. The summed E-state index contributed by atoms with van der Waals surface area (Å²) in [5.74, 6) is 0.106. The van der Waals surface area contributed by atoms with E-state index in [-0.39, 0.29) is 5.91 Å². The van der Waals surface area contributed by atoms with Crippen LogP contribution in [0.1, 0.15) is 33.1 Å². The average molecular weight is 271 g/mol. The van der Waals surface area contributed by atoms with Gasteiger partial charge in [0.25, 0.3) is 0 Å². The number of hydrogen-bond donors (Lipinski definition) is 2. The van der Waals surface area contributed by atoms with Gasteiger partial charge in [-0.2, -0.15) is 0 Å². The molecule has 0 unspecified atom stereocenters. The number of rotatable bonds is 9. The second-order valence-corrected chi connectivity index (χ2v) is 5.01. The Bertz CT molecular complexity index is 239. The normalized spacial score (nSPS) is 16.8. The van der Waals surface area contributed by atoms with Gasteiger partial charge in [0.05, 0.1) is 6.54 Å². The van der Waals surface area contributed by atoms with Gasteiger partial charge in [-0.1, -0.05) is 13.8 Å². The Kier molecular flexibility index (Phi) is 8.79. The van der Waals surface area contributed by atoms with Crippen molar-refractivity contribution >= 4 is 5.91 Å². The third-order valence-electron chi connectivity index (χ3n) is 3.59. The second-order valence-electron chi connectivity index (χ2n) is 5.01. The lowest BCUT2D eigenvalue weighted by Gasteiger charge is -2.23. The van der Waals surface area contributed by atoms with Crippen molar-refractivity contribution in [1.82, 2.24) is 15.5 Å². The van der Waals surface area contributed by atoms with E-state index in [1.54, 1.807) is 0 Å². The molecule has 1 rings (SSSR count). The Morgan fingerprint density at radius 2 is 1.95 bits per heavy atom. The molecule has 5 heteroatoms. The van der Waals surface area contributed by atoms with Crippen LogP contribution in [0, 0.1) is 0 Å². The van der Waals surface area contributed by atoms with E-state index in [1.807, 2.05) is 0 Å².